The third-order valence-electron chi connectivity index (χ3n) is 7.04. The Morgan fingerprint density at radius 2 is 1.71 bits per heavy atom. The second-order valence-corrected chi connectivity index (χ2v) is 10.8. The zero-order valence-electron chi connectivity index (χ0n) is 24.0. The van der Waals surface area contributed by atoms with Crippen LogP contribution in [-0.4, -0.2) is 33.3 Å². The fraction of sp³-hybridized carbons (Fsp3) is 0.229. The molecule has 1 unspecified atom stereocenters. The van der Waals surface area contributed by atoms with Crippen LogP contribution in [0.25, 0.3) is 5.76 Å². The van der Waals surface area contributed by atoms with Crippen LogP contribution in [0.1, 0.15) is 47.8 Å². The number of aryl methyl sites for hydroxylation is 1. The molecule has 1 aliphatic heterocycles. The van der Waals surface area contributed by atoms with Gasteiger partial charge in [0.15, 0.2) is 0 Å². The minimum atomic E-state index is -0.830. The van der Waals surface area contributed by atoms with E-state index < -0.39 is 17.7 Å². The number of Topliss-reactive ketones (excluding diaryl/α,β-unsaturated/α-hetero) is 1. The van der Waals surface area contributed by atoms with Crippen LogP contribution in [0.15, 0.2) is 103 Å². The van der Waals surface area contributed by atoms with Gasteiger partial charge in [0, 0.05) is 11.8 Å². The summed E-state index contributed by atoms with van der Waals surface area (Å²) in [7, 11) is 0. The van der Waals surface area contributed by atoms with E-state index in [9.17, 15) is 14.7 Å². The van der Waals surface area contributed by atoms with Crippen molar-refractivity contribution in [2.45, 2.75) is 40.0 Å². The smallest absolute Gasteiger partial charge is 0.296 e. The van der Waals surface area contributed by atoms with Crippen molar-refractivity contribution in [1.29, 1.82) is 0 Å². The van der Waals surface area contributed by atoms with Gasteiger partial charge in [0.2, 0.25) is 0 Å². The fourth-order valence-electron chi connectivity index (χ4n) is 4.94. The molecule has 1 amide bonds. The molecule has 3 aromatic carbocycles. The Kier molecular flexibility index (Phi) is 8.67. The molecule has 4 aromatic rings. The molecule has 0 spiro atoms. The molecule has 0 aliphatic carbocycles. The molecule has 5 rings (SSSR count). The predicted molar refractivity (Wildman–Crippen MR) is 161 cm³/mol. The van der Waals surface area contributed by atoms with Gasteiger partial charge in [0.1, 0.15) is 23.9 Å². The molecule has 7 heteroatoms. The highest BCUT2D eigenvalue weighted by Crippen LogP contribution is 2.41. The number of rotatable bonds is 10. The largest absolute Gasteiger partial charge is 0.507 e. The topological polar surface area (TPSA) is 89.0 Å². The molecule has 1 fully saturated rings. The van der Waals surface area contributed by atoms with E-state index in [2.05, 4.69) is 18.8 Å². The summed E-state index contributed by atoms with van der Waals surface area (Å²) >= 11 is 0. The molecular weight excluding hydrogens is 528 g/mol. The Labute approximate surface area is 246 Å². The SMILES string of the molecule is Cc1cc(/C(O)=C2\C(=O)C(=O)N(Cc3ccccn3)C2c2cccc(OCC(C)C)c2)ccc1OCc1ccccc1. The first-order valence-electron chi connectivity index (χ1n) is 14.0. The Bertz CT molecular complexity index is 1600. The third kappa shape index (κ3) is 6.36. The first kappa shape index (κ1) is 28.6. The highest BCUT2D eigenvalue weighted by molar-refractivity contribution is 6.46. The van der Waals surface area contributed by atoms with E-state index in [0.29, 0.717) is 47.5 Å². The number of nitrogens with zero attached hydrogens (tertiary/aromatic N) is 2. The first-order chi connectivity index (χ1) is 20.3. The highest BCUT2D eigenvalue weighted by atomic mass is 16.5. The summed E-state index contributed by atoms with van der Waals surface area (Å²) in [6, 6.07) is 27.0. The number of aromatic nitrogens is 1. The number of pyridine rings is 1. The maximum Gasteiger partial charge on any atom is 0.296 e. The number of hydrogen-bond donors (Lipinski definition) is 1. The van der Waals surface area contributed by atoms with E-state index in [4.69, 9.17) is 9.47 Å². The zero-order chi connectivity index (χ0) is 29.6. The van der Waals surface area contributed by atoms with Crippen molar-refractivity contribution in [1.82, 2.24) is 9.88 Å². The Morgan fingerprint density at radius 3 is 2.43 bits per heavy atom. The lowest BCUT2D eigenvalue weighted by atomic mass is 9.94. The van der Waals surface area contributed by atoms with Gasteiger partial charge in [-0.1, -0.05) is 62.4 Å². The maximum absolute atomic E-state index is 13.5. The number of aliphatic hydroxyl groups is 1. The quantitative estimate of drug-likeness (QED) is 0.133. The van der Waals surface area contributed by atoms with Crippen LogP contribution in [0.4, 0.5) is 0 Å². The van der Waals surface area contributed by atoms with Gasteiger partial charge in [-0.25, -0.2) is 0 Å². The molecule has 1 N–H and O–H groups in total. The number of carbonyl (C=O) groups is 2. The number of ketones is 1. The minimum Gasteiger partial charge on any atom is -0.507 e. The van der Waals surface area contributed by atoms with E-state index in [0.717, 1.165) is 11.1 Å². The molecule has 7 nitrogen and oxygen atoms in total. The number of hydrogen-bond acceptors (Lipinski definition) is 6. The molecule has 214 valence electrons. The van der Waals surface area contributed by atoms with Crippen LogP contribution in [-0.2, 0) is 22.7 Å². The van der Waals surface area contributed by atoms with Crippen molar-refractivity contribution in [3.8, 4) is 11.5 Å². The fourth-order valence-corrected chi connectivity index (χ4v) is 4.94. The highest BCUT2D eigenvalue weighted by Gasteiger charge is 2.46. The molecule has 1 aromatic heterocycles. The molecule has 1 aliphatic rings. The lowest BCUT2D eigenvalue weighted by Crippen LogP contribution is -2.29. The zero-order valence-corrected chi connectivity index (χ0v) is 24.0. The molecule has 0 radical (unpaired) electrons. The number of aliphatic hydroxyl groups excluding tert-OH is 1. The summed E-state index contributed by atoms with van der Waals surface area (Å²) in [6.45, 7) is 7.03. The van der Waals surface area contributed by atoms with Crippen molar-refractivity contribution in [3.63, 3.8) is 0 Å². The van der Waals surface area contributed by atoms with Gasteiger partial charge in [-0.05, 0) is 72.0 Å². The van der Waals surface area contributed by atoms with Crippen LogP contribution >= 0.6 is 0 Å². The average Bonchev–Trinajstić information content (AvgIpc) is 3.25. The van der Waals surface area contributed by atoms with Crippen molar-refractivity contribution >= 4 is 17.4 Å². The summed E-state index contributed by atoms with van der Waals surface area (Å²) < 4.78 is 11.9. The lowest BCUT2D eigenvalue weighted by molar-refractivity contribution is -0.140. The second kappa shape index (κ2) is 12.7. The van der Waals surface area contributed by atoms with Gasteiger partial charge in [0.25, 0.3) is 11.7 Å². The van der Waals surface area contributed by atoms with E-state index in [1.165, 1.54) is 4.90 Å². The molecule has 42 heavy (non-hydrogen) atoms. The molecule has 0 bridgehead atoms. The molecule has 1 saturated heterocycles. The summed E-state index contributed by atoms with van der Waals surface area (Å²) in [6.07, 6.45) is 1.64. The monoisotopic (exact) mass is 562 g/mol. The Morgan fingerprint density at radius 1 is 0.929 bits per heavy atom. The predicted octanol–water partition coefficient (Wildman–Crippen LogP) is 6.63. The second-order valence-electron chi connectivity index (χ2n) is 10.8. The van der Waals surface area contributed by atoms with Crippen LogP contribution in [0.5, 0.6) is 11.5 Å². The first-order valence-corrected chi connectivity index (χ1v) is 14.0. The van der Waals surface area contributed by atoms with Gasteiger partial charge < -0.3 is 19.5 Å². The van der Waals surface area contributed by atoms with Gasteiger partial charge in [-0.3, -0.25) is 14.6 Å². The summed E-state index contributed by atoms with van der Waals surface area (Å²) in [4.78, 5) is 32.8. The van der Waals surface area contributed by atoms with Crippen LogP contribution < -0.4 is 9.47 Å². The summed E-state index contributed by atoms with van der Waals surface area (Å²) in [5.41, 5.74) is 3.57. The number of ether oxygens (including phenoxy) is 2. The van der Waals surface area contributed by atoms with Crippen LogP contribution in [0.3, 0.4) is 0 Å². The normalized spacial score (nSPS) is 16.2. The van der Waals surface area contributed by atoms with Gasteiger partial charge in [0.05, 0.1) is 30.5 Å². The van der Waals surface area contributed by atoms with Gasteiger partial charge in [-0.2, -0.15) is 0 Å². The van der Waals surface area contributed by atoms with Crippen LogP contribution in [0.2, 0.25) is 0 Å². The van der Waals surface area contributed by atoms with E-state index in [1.54, 1.807) is 36.5 Å². The minimum absolute atomic E-state index is 0.0225. The van der Waals surface area contributed by atoms with E-state index in [-0.39, 0.29) is 17.9 Å². The van der Waals surface area contributed by atoms with Gasteiger partial charge >= 0.3 is 0 Å². The number of likely N-dealkylation sites (tertiary alicyclic amines) is 1. The Balaban J connectivity index is 1.52. The van der Waals surface area contributed by atoms with E-state index >= 15 is 0 Å². The number of carbonyl (C=O) groups excluding carboxylic acids is 2. The van der Waals surface area contributed by atoms with Crippen molar-refractivity contribution in [3.05, 3.63) is 131 Å². The molecular formula is C35H34N2O5. The third-order valence-corrected chi connectivity index (χ3v) is 7.04. The van der Waals surface area contributed by atoms with Gasteiger partial charge in [-0.15, -0.1) is 0 Å². The summed E-state index contributed by atoms with van der Waals surface area (Å²) in [5.74, 6) is -0.0680. The molecule has 0 saturated carbocycles. The van der Waals surface area contributed by atoms with Crippen molar-refractivity contribution < 1.29 is 24.2 Å². The Hall–Kier alpha value is -4.91. The molecule has 2 heterocycles. The maximum atomic E-state index is 13.5. The van der Waals surface area contributed by atoms with Crippen LogP contribution in [0, 0.1) is 12.8 Å². The standard InChI is InChI=1S/C35H34N2O5/c1-23(2)21-41-29-14-9-12-26(19-29)32-31(34(39)35(40)37(32)20-28-13-7-8-17-36-28)33(38)27-15-16-30(24(3)18-27)42-22-25-10-5-4-6-11-25/h4-19,23,32,38H,20-22H2,1-3H3/b33-31+. The molecule has 1 atom stereocenters. The van der Waals surface area contributed by atoms with Crippen molar-refractivity contribution in [2.75, 3.05) is 6.61 Å². The average molecular weight is 563 g/mol. The van der Waals surface area contributed by atoms with E-state index in [1.807, 2.05) is 67.6 Å². The lowest BCUT2D eigenvalue weighted by Gasteiger charge is -2.25. The van der Waals surface area contributed by atoms with Crippen molar-refractivity contribution in [2.24, 2.45) is 5.92 Å². The number of benzene rings is 3. The summed E-state index contributed by atoms with van der Waals surface area (Å²) in [5, 5.41) is 11.6. The number of amides is 1.